The van der Waals surface area contributed by atoms with Gasteiger partial charge in [0.25, 0.3) is 0 Å². The maximum atomic E-state index is 3.61. The van der Waals surface area contributed by atoms with Crippen LogP contribution in [0.15, 0.2) is 18.2 Å². The summed E-state index contributed by atoms with van der Waals surface area (Å²) in [6, 6.07) is 6.96. The average molecular weight is 288 g/mol. The third kappa shape index (κ3) is 5.35. The van der Waals surface area contributed by atoms with Crippen molar-refractivity contribution in [1.29, 1.82) is 0 Å². The van der Waals surface area contributed by atoms with Crippen LogP contribution in [0.5, 0.6) is 0 Å². The highest BCUT2D eigenvalue weighted by Crippen LogP contribution is 2.24. The lowest BCUT2D eigenvalue weighted by Gasteiger charge is -2.29. The van der Waals surface area contributed by atoms with Gasteiger partial charge in [0.15, 0.2) is 0 Å². The van der Waals surface area contributed by atoms with Crippen molar-refractivity contribution in [3.05, 3.63) is 29.3 Å². The highest BCUT2D eigenvalue weighted by Gasteiger charge is 2.13. The molecule has 1 aliphatic rings. The Morgan fingerprint density at radius 1 is 1.05 bits per heavy atom. The Hall–Kier alpha value is -1.02. The summed E-state index contributed by atoms with van der Waals surface area (Å²) in [4.78, 5) is 2.62. The third-order valence-electron chi connectivity index (χ3n) is 4.30. The molecule has 21 heavy (non-hydrogen) atoms. The zero-order chi connectivity index (χ0) is 15.1. The van der Waals surface area contributed by atoms with Gasteiger partial charge in [-0.1, -0.05) is 50.8 Å². The molecule has 0 aromatic heterocycles. The summed E-state index contributed by atoms with van der Waals surface area (Å²) in [6.45, 7) is 11.3. The van der Waals surface area contributed by atoms with Crippen LogP contribution in [0.2, 0.25) is 0 Å². The van der Waals surface area contributed by atoms with E-state index in [1.165, 1.54) is 62.0 Å². The van der Waals surface area contributed by atoms with E-state index in [0.717, 1.165) is 13.1 Å². The second-order valence-corrected chi connectivity index (χ2v) is 6.91. The summed E-state index contributed by atoms with van der Waals surface area (Å²) in [7, 11) is 0. The topological polar surface area (TPSA) is 15.3 Å². The van der Waals surface area contributed by atoms with Crippen molar-refractivity contribution in [1.82, 2.24) is 5.32 Å². The number of hydrogen-bond acceptors (Lipinski definition) is 2. The van der Waals surface area contributed by atoms with Gasteiger partial charge < -0.3 is 10.2 Å². The smallest absolute Gasteiger partial charge is 0.0412 e. The largest absolute Gasteiger partial charge is 0.371 e. The van der Waals surface area contributed by atoms with Crippen LogP contribution in [-0.2, 0) is 6.54 Å². The Morgan fingerprint density at radius 3 is 2.38 bits per heavy atom. The van der Waals surface area contributed by atoms with Gasteiger partial charge >= 0.3 is 0 Å². The molecule has 0 bridgehead atoms. The monoisotopic (exact) mass is 288 g/mol. The molecule has 0 amide bonds. The number of hydrogen-bond donors (Lipinski definition) is 1. The molecule has 2 rings (SSSR count). The van der Waals surface area contributed by atoms with E-state index in [4.69, 9.17) is 0 Å². The van der Waals surface area contributed by atoms with E-state index in [1.54, 1.807) is 0 Å². The molecule has 1 N–H and O–H groups in total. The Morgan fingerprint density at radius 2 is 1.71 bits per heavy atom. The number of anilines is 1. The van der Waals surface area contributed by atoms with Crippen LogP contribution in [0.4, 0.5) is 5.69 Å². The molecular formula is C19H32N2. The summed E-state index contributed by atoms with van der Waals surface area (Å²) in [5.41, 5.74) is 4.29. The van der Waals surface area contributed by atoms with Crippen molar-refractivity contribution in [2.24, 2.45) is 5.92 Å². The fourth-order valence-electron chi connectivity index (χ4n) is 3.15. The molecule has 1 saturated heterocycles. The van der Waals surface area contributed by atoms with Crippen molar-refractivity contribution < 1.29 is 0 Å². The van der Waals surface area contributed by atoms with Gasteiger partial charge in [-0.2, -0.15) is 0 Å². The number of aryl methyl sites for hydroxylation is 1. The first-order chi connectivity index (χ1) is 10.2. The molecule has 0 aliphatic carbocycles. The van der Waals surface area contributed by atoms with Gasteiger partial charge in [0.2, 0.25) is 0 Å². The molecule has 1 aromatic rings. The van der Waals surface area contributed by atoms with Crippen molar-refractivity contribution in [2.75, 3.05) is 24.5 Å². The normalized spacial score (nSPS) is 16.9. The second kappa shape index (κ2) is 8.43. The van der Waals surface area contributed by atoms with E-state index in [9.17, 15) is 0 Å². The van der Waals surface area contributed by atoms with Crippen LogP contribution in [0.25, 0.3) is 0 Å². The Kier molecular flexibility index (Phi) is 6.56. The molecule has 0 unspecified atom stereocenters. The van der Waals surface area contributed by atoms with Gasteiger partial charge in [-0.25, -0.2) is 0 Å². The summed E-state index contributed by atoms with van der Waals surface area (Å²) in [5.74, 6) is 0.708. The fourth-order valence-corrected chi connectivity index (χ4v) is 3.15. The summed E-state index contributed by atoms with van der Waals surface area (Å²) in [5, 5.41) is 3.61. The molecule has 0 spiro atoms. The van der Waals surface area contributed by atoms with Crippen LogP contribution in [0, 0.1) is 12.8 Å². The molecule has 2 nitrogen and oxygen atoms in total. The Balaban J connectivity index is 2.08. The molecule has 118 valence electrons. The standard InChI is InChI=1S/C19H32N2/c1-16(2)14-20-15-18-13-17(3)9-10-19(18)21-11-7-5-4-6-8-12-21/h9-10,13,16,20H,4-8,11-12,14-15H2,1-3H3. The van der Waals surface area contributed by atoms with Crippen LogP contribution in [0.3, 0.4) is 0 Å². The SMILES string of the molecule is Cc1ccc(N2CCCCCCC2)c(CNCC(C)C)c1. The molecule has 1 fully saturated rings. The average Bonchev–Trinajstić information content (AvgIpc) is 2.39. The lowest BCUT2D eigenvalue weighted by atomic mass is 10.0. The molecule has 0 atom stereocenters. The number of nitrogens with zero attached hydrogens (tertiary/aromatic N) is 1. The third-order valence-corrected chi connectivity index (χ3v) is 4.30. The molecular weight excluding hydrogens is 256 g/mol. The molecule has 1 heterocycles. The van der Waals surface area contributed by atoms with Crippen molar-refractivity contribution in [3.63, 3.8) is 0 Å². The molecule has 0 saturated carbocycles. The maximum Gasteiger partial charge on any atom is 0.0412 e. The van der Waals surface area contributed by atoms with E-state index >= 15 is 0 Å². The van der Waals surface area contributed by atoms with E-state index in [2.05, 4.69) is 49.2 Å². The van der Waals surface area contributed by atoms with Gasteiger partial charge in [0.1, 0.15) is 0 Å². The molecule has 1 aliphatic heterocycles. The highest BCUT2D eigenvalue weighted by molar-refractivity contribution is 5.55. The predicted molar refractivity (Wildman–Crippen MR) is 93.0 cm³/mol. The molecule has 0 radical (unpaired) electrons. The number of rotatable bonds is 5. The minimum absolute atomic E-state index is 0.708. The van der Waals surface area contributed by atoms with Gasteiger partial charge in [0, 0.05) is 25.3 Å². The van der Waals surface area contributed by atoms with Gasteiger partial charge in [-0.05, 0) is 43.9 Å². The minimum Gasteiger partial charge on any atom is -0.371 e. The van der Waals surface area contributed by atoms with Crippen molar-refractivity contribution in [2.45, 2.75) is 59.4 Å². The van der Waals surface area contributed by atoms with E-state index in [1.807, 2.05) is 0 Å². The van der Waals surface area contributed by atoms with E-state index in [-0.39, 0.29) is 0 Å². The van der Waals surface area contributed by atoms with Crippen molar-refractivity contribution >= 4 is 5.69 Å². The quantitative estimate of drug-likeness (QED) is 0.857. The van der Waals surface area contributed by atoms with Crippen molar-refractivity contribution in [3.8, 4) is 0 Å². The summed E-state index contributed by atoms with van der Waals surface area (Å²) >= 11 is 0. The Labute approximate surface area is 130 Å². The minimum atomic E-state index is 0.708. The lowest BCUT2D eigenvalue weighted by molar-refractivity contribution is 0.544. The van der Waals surface area contributed by atoms with Crippen LogP contribution >= 0.6 is 0 Å². The lowest BCUT2D eigenvalue weighted by Crippen LogP contribution is -2.29. The first kappa shape index (κ1) is 16.4. The first-order valence-electron chi connectivity index (χ1n) is 8.72. The molecule has 1 aromatic carbocycles. The van der Waals surface area contributed by atoms with Gasteiger partial charge in [0.05, 0.1) is 0 Å². The first-order valence-corrected chi connectivity index (χ1v) is 8.72. The zero-order valence-electron chi connectivity index (χ0n) is 14.1. The Bertz CT molecular complexity index is 418. The van der Waals surface area contributed by atoms with E-state index < -0.39 is 0 Å². The highest BCUT2D eigenvalue weighted by atomic mass is 15.1. The maximum absolute atomic E-state index is 3.61. The molecule has 2 heteroatoms. The number of benzene rings is 1. The zero-order valence-corrected chi connectivity index (χ0v) is 14.1. The summed E-state index contributed by atoms with van der Waals surface area (Å²) < 4.78 is 0. The van der Waals surface area contributed by atoms with E-state index in [0.29, 0.717) is 5.92 Å². The number of nitrogens with one attached hydrogen (secondary N) is 1. The van der Waals surface area contributed by atoms with Gasteiger partial charge in [-0.3, -0.25) is 0 Å². The second-order valence-electron chi connectivity index (χ2n) is 6.91. The van der Waals surface area contributed by atoms with Crippen LogP contribution < -0.4 is 10.2 Å². The summed E-state index contributed by atoms with van der Waals surface area (Å²) in [6.07, 6.45) is 6.89. The van der Waals surface area contributed by atoms with Crippen LogP contribution in [-0.4, -0.2) is 19.6 Å². The van der Waals surface area contributed by atoms with Gasteiger partial charge in [-0.15, -0.1) is 0 Å². The fraction of sp³-hybridized carbons (Fsp3) is 0.684. The van der Waals surface area contributed by atoms with Crippen LogP contribution in [0.1, 0.15) is 57.1 Å². The predicted octanol–water partition coefficient (Wildman–Crippen LogP) is 4.51.